The third kappa shape index (κ3) is 3.81. The minimum Gasteiger partial charge on any atom is -0.309 e. The smallest absolute Gasteiger partial charge is 0.235 e. The Labute approximate surface area is 287 Å². The summed E-state index contributed by atoms with van der Waals surface area (Å²) in [6.45, 7) is 0. The van der Waals surface area contributed by atoms with E-state index in [4.69, 9.17) is 9.97 Å². The summed E-state index contributed by atoms with van der Waals surface area (Å²) in [5.74, 6) is 0.663. The molecule has 4 nitrogen and oxygen atoms in total. The predicted molar refractivity (Wildman–Crippen MR) is 209 cm³/mol. The molecule has 0 amide bonds. The zero-order chi connectivity index (χ0) is 32.8. The second-order valence-corrected chi connectivity index (χ2v) is 13.0. The molecule has 0 saturated heterocycles. The highest BCUT2D eigenvalue weighted by Gasteiger charge is 2.21. The number of aromatic nitrogens is 4. The summed E-state index contributed by atoms with van der Waals surface area (Å²) < 4.78 is 4.63. The van der Waals surface area contributed by atoms with Gasteiger partial charge >= 0.3 is 0 Å². The third-order valence-electron chi connectivity index (χ3n) is 10.3. The van der Waals surface area contributed by atoms with Gasteiger partial charge in [0.05, 0.1) is 33.3 Å². The molecule has 232 valence electrons. The highest BCUT2D eigenvalue weighted by Crippen LogP contribution is 2.42. The van der Waals surface area contributed by atoms with Crippen LogP contribution in [0.15, 0.2) is 170 Å². The number of rotatable bonds is 3. The first-order chi connectivity index (χ1) is 24.8. The lowest BCUT2D eigenvalue weighted by Crippen LogP contribution is -2.03. The molecule has 0 fully saturated rings. The van der Waals surface area contributed by atoms with Gasteiger partial charge in [-0.15, -0.1) is 0 Å². The molecule has 11 rings (SSSR count). The van der Waals surface area contributed by atoms with Crippen LogP contribution in [0.4, 0.5) is 0 Å². The molecule has 0 unspecified atom stereocenters. The van der Waals surface area contributed by atoms with Crippen molar-refractivity contribution in [2.24, 2.45) is 0 Å². The molecule has 3 heterocycles. The van der Waals surface area contributed by atoms with Crippen molar-refractivity contribution in [3.8, 4) is 22.9 Å². The molecule has 0 bridgehead atoms. The predicted octanol–water partition coefficient (Wildman–Crippen LogP) is 11.8. The Kier molecular flexibility index (Phi) is 5.63. The Bertz CT molecular complexity index is 3150. The maximum Gasteiger partial charge on any atom is 0.235 e. The Hall–Kier alpha value is -6.78. The lowest BCUT2D eigenvalue weighted by Gasteiger charge is -2.14. The Morgan fingerprint density at radius 3 is 1.86 bits per heavy atom. The van der Waals surface area contributed by atoms with E-state index in [9.17, 15) is 0 Å². The van der Waals surface area contributed by atoms with Crippen LogP contribution in [0.1, 0.15) is 0 Å². The molecule has 0 saturated carbocycles. The summed E-state index contributed by atoms with van der Waals surface area (Å²) in [6, 6.07) is 60.7. The minimum absolute atomic E-state index is 0.663. The fraction of sp³-hybridized carbons (Fsp3) is 0. The van der Waals surface area contributed by atoms with E-state index in [0.29, 0.717) is 5.95 Å². The van der Waals surface area contributed by atoms with Crippen molar-refractivity contribution in [3.63, 3.8) is 0 Å². The number of fused-ring (bicyclic) bond motifs is 10. The number of benzene rings is 8. The van der Waals surface area contributed by atoms with Gasteiger partial charge in [0, 0.05) is 43.6 Å². The van der Waals surface area contributed by atoms with Gasteiger partial charge in [0.25, 0.3) is 0 Å². The van der Waals surface area contributed by atoms with Crippen molar-refractivity contribution in [2.45, 2.75) is 0 Å². The first kappa shape index (κ1) is 27.2. The van der Waals surface area contributed by atoms with Gasteiger partial charge in [-0.25, -0.2) is 9.97 Å². The topological polar surface area (TPSA) is 35.6 Å². The van der Waals surface area contributed by atoms with Crippen molar-refractivity contribution < 1.29 is 0 Å². The molecule has 4 heteroatoms. The van der Waals surface area contributed by atoms with Gasteiger partial charge in [0.15, 0.2) is 0 Å². The molecule has 8 aromatic carbocycles. The maximum absolute atomic E-state index is 5.54. The molecular formula is C46H28N4. The minimum atomic E-state index is 0.663. The molecule has 3 aromatic heterocycles. The first-order valence-corrected chi connectivity index (χ1v) is 17.0. The van der Waals surface area contributed by atoms with Crippen LogP contribution >= 0.6 is 0 Å². The summed E-state index contributed by atoms with van der Waals surface area (Å²) in [7, 11) is 0. The molecule has 11 aromatic rings. The Balaban J connectivity index is 1.27. The zero-order valence-electron chi connectivity index (χ0n) is 27.0. The highest BCUT2D eigenvalue weighted by atomic mass is 15.2. The van der Waals surface area contributed by atoms with E-state index in [1.165, 1.54) is 54.1 Å². The van der Waals surface area contributed by atoms with E-state index in [1.807, 2.05) is 0 Å². The monoisotopic (exact) mass is 636 g/mol. The van der Waals surface area contributed by atoms with E-state index in [1.54, 1.807) is 0 Å². The molecule has 0 aliphatic carbocycles. The van der Waals surface area contributed by atoms with Crippen molar-refractivity contribution in [1.82, 2.24) is 19.1 Å². The van der Waals surface area contributed by atoms with E-state index in [0.717, 1.165) is 38.9 Å². The van der Waals surface area contributed by atoms with Crippen LogP contribution in [0.3, 0.4) is 0 Å². The van der Waals surface area contributed by atoms with Gasteiger partial charge in [-0.1, -0.05) is 121 Å². The zero-order valence-corrected chi connectivity index (χ0v) is 27.0. The van der Waals surface area contributed by atoms with E-state index in [2.05, 4.69) is 179 Å². The molecule has 0 N–H and O–H groups in total. The normalized spacial score (nSPS) is 12.0. The van der Waals surface area contributed by atoms with Gasteiger partial charge in [-0.2, -0.15) is 0 Å². The quantitative estimate of drug-likeness (QED) is 0.193. The molecular weight excluding hydrogens is 609 g/mol. The van der Waals surface area contributed by atoms with E-state index >= 15 is 0 Å². The summed E-state index contributed by atoms with van der Waals surface area (Å²) in [6.07, 6.45) is 0. The fourth-order valence-corrected chi connectivity index (χ4v) is 8.13. The van der Waals surface area contributed by atoms with Crippen LogP contribution in [-0.4, -0.2) is 19.1 Å². The lowest BCUT2D eigenvalue weighted by atomic mass is 9.95. The van der Waals surface area contributed by atoms with Crippen molar-refractivity contribution in [2.75, 3.05) is 0 Å². The van der Waals surface area contributed by atoms with Gasteiger partial charge in [0.1, 0.15) is 0 Å². The number of hydrogen-bond donors (Lipinski definition) is 0. The van der Waals surface area contributed by atoms with Gasteiger partial charge < -0.3 is 4.57 Å². The van der Waals surface area contributed by atoms with E-state index < -0.39 is 0 Å². The van der Waals surface area contributed by atoms with Crippen LogP contribution in [0.5, 0.6) is 0 Å². The fourth-order valence-electron chi connectivity index (χ4n) is 8.13. The molecule has 50 heavy (non-hydrogen) atoms. The lowest BCUT2D eigenvalue weighted by molar-refractivity contribution is 1.01. The number of nitrogens with zero attached hydrogens (tertiary/aromatic N) is 4. The largest absolute Gasteiger partial charge is 0.309 e. The Morgan fingerprint density at radius 2 is 1.02 bits per heavy atom. The molecule has 0 atom stereocenters. The molecule has 0 aliphatic rings. The van der Waals surface area contributed by atoms with Crippen molar-refractivity contribution in [1.29, 1.82) is 0 Å². The van der Waals surface area contributed by atoms with E-state index in [-0.39, 0.29) is 0 Å². The second kappa shape index (κ2) is 10.4. The molecule has 0 spiro atoms. The van der Waals surface area contributed by atoms with Crippen molar-refractivity contribution >= 4 is 76.1 Å². The highest BCUT2D eigenvalue weighted by molar-refractivity contribution is 6.25. The summed E-state index contributed by atoms with van der Waals surface area (Å²) in [5, 5.41) is 10.6. The SMILES string of the molecule is c1ccc(-n2c3ccccc3c3c4c(-c5nc(-n6c7ccccc7c7cc8ccccc8cc76)nc6ccccc56)cccc4ccc32)cc1. The van der Waals surface area contributed by atoms with Gasteiger partial charge in [-0.3, -0.25) is 4.57 Å². The van der Waals surface area contributed by atoms with Crippen LogP contribution in [0.25, 0.3) is 99.0 Å². The molecule has 0 aliphatic heterocycles. The average Bonchev–Trinajstić information content (AvgIpc) is 3.69. The molecule has 0 radical (unpaired) electrons. The van der Waals surface area contributed by atoms with Gasteiger partial charge in [-0.05, 0) is 64.7 Å². The van der Waals surface area contributed by atoms with Gasteiger partial charge in [0.2, 0.25) is 5.95 Å². The van der Waals surface area contributed by atoms with Crippen LogP contribution in [0, 0.1) is 0 Å². The van der Waals surface area contributed by atoms with Crippen molar-refractivity contribution in [3.05, 3.63) is 170 Å². The third-order valence-corrected chi connectivity index (χ3v) is 10.3. The standard InChI is InChI=1S/C46H28N4/c1-2-16-32(17-3-1)49-40-24-11-8-20-35(40)44-41(49)26-25-29-15-12-21-36(43(29)44)45-34-19-6-9-22-38(34)47-46(48-45)50-39-23-10-7-18-33(39)37-27-30-13-4-5-14-31(30)28-42(37)50/h1-28H. The van der Waals surface area contributed by atoms with Crippen LogP contribution in [0.2, 0.25) is 0 Å². The second-order valence-electron chi connectivity index (χ2n) is 13.0. The average molecular weight is 637 g/mol. The van der Waals surface area contributed by atoms with Crippen LogP contribution < -0.4 is 0 Å². The maximum atomic E-state index is 5.54. The number of hydrogen-bond acceptors (Lipinski definition) is 2. The number of para-hydroxylation sites is 4. The first-order valence-electron chi connectivity index (χ1n) is 17.0. The summed E-state index contributed by atoms with van der Waals surface area (Å²) in [4.78, 5) is 10.8. The van der Waals surface area contributed by atoms with Crippen LogP contribution in [-0.2, 0) is 0 Å². The summed E-state index contributed by atoms with van der Waals surface area (Å²) in [5.41, 5.74) is 8.61. The summed E-state index contributed by atoms with van der Waals surface area (Å²) >= 11 is 0. The Morgan fingerprint density at radius 1 is 0.360 bits per heavy atom.